The first-order valence-electron chi connectivity index (χ1n) is 28.0. The number of unbranched alkanes of at least 4 members (excludes halogenated alkanes) is 42. The topological polar surface area (TPSA) is 89.8 Å². The van der Waals surface area contributed by atoms with E-state index >= 15 is 0 Å². The van der Waals surface area contributed by atoms with Crippen LogP contribution in [-0.4, -0.2) is 46.1 Å². The summed E-state index contributed by atoms with van der Waals surface area (Å²) in [4.78, 5) is 12.5. The molecule has 0 aliphatic heterocycles. The molecule has 0 bridgehead atoms. The minimum Gasteiger partial charge on any atom is -0.394 e. The zero-order chi connectivity index (χ0) is 44.4. The van der Waals surface area contributed by atoms with Crippen molar-refractivity contribution in [1.29, 1.82) is 0 Å². The first-order chi connectivity index (χ1) is 30.1. The van der Waals surface area contributed by atoms with Crippen molar-refractivity contribution in [2.75, 3.05) is 6.61 Å². The van der Waals surface area contributed by atoms with Crippen LogP contribution in [0.4, 0.5) is 0 Å². The molecule has 5 heteroatoms. The molecule has 0 aromatic rings. The molecule has 0 heterocycles. The lowest BCUT2D eigenvalue weighted by atomic mass is 9.99. The summed E-state index contributed by atoms with van der Waals surface area (Å²) >= 11 is 0. The zero-order valence-electron chi connectivity index (χ0n) is 41.6. The molecule has 0 rings (SSSR count). The van der Waals surface area contributed by atoms with Gasteiger partial charge in [-0.15, -0.1) is 0 Å². The molecule has 1 amide bonds. The van der Waals surface area contributed by atoms with Crippen LogP contribution in [0, 0.1) is 0 Å². The number of rotatable bonds is 52. The maximum Gasteiger partial charge on any atom is 0.220 e. The molecule has 0 aromatic heterocycles. The average molecular weight is 863 g/mol. The van der Waals surface area contributed by atoms with Gasteiger partial charge in [0.2, 0.25) is 5.91 Å². The van der Waals surface area contributed by atoms with E-state index < -0.39 is 18.2 Å². The lowest BCUT2D eigenvalue weighted by Crippen LogP contribution is -2.50. The summed E-state index contributed by atoms with van der Waals surface area (Å²) in [5.41, 5.74) is 0. The molecule has 5 nitrogen and oxygen atoms in total. The van der Waals surface area contributed by atoms with Gasteiger partial charge in [-0.2, -0.15) is 0 Å². The Balaban J connectivity index is 3.52. The van der Waals surface area contributed by atoms with E-state index in [1.807, 2.05) is 0 Å². The van der Waals surface area contributed by atoms with Crippen molar-refractivity contribution in [3.05, 3.63) is 12.2 Å². The molecule has 0 spiro atoms. The van der Waals surface area contributed by atoms with Crippen molar-refractivity contribution in [1.82, 2.24) is 5.32 Å². The molecule has 0 aliphatic carbocycles. The molecule has 0 fully saturated rings. The van der Waals surface area contributed by atoms with E-state index in [1.165, 1.54) is 257 Å². The van der Waals surface area contributed by atoms with Crippen LogP contribution in [0.2, 0.25) is 0 Å². The third-order valence-electron chi connectivity index (χ3n) is 13.4. The van der Waals surface area contributed by atoms with Crippen molar-refractivity contribution in [3.63, 3.8) is 0 Å². The number of hydrogen-bond acceptors (Lipinski definition) is 4. The third-order valence-corrected chi connectivity index (χ3v) is 13.4. The molecule has 0 aromatic carbocycles. The van der Waals surface area contributed by atoms with Crippen LogP contribution in [0.1, 0.15) is 316 Å². The van der Waals surface area contributed by atoms with Crippen LogP contribution in [0.25, 0.3) is 0 Å². The molecule has 3 unspecified atom stereocenters. The van der Waals surface area contributed by atoms with E-state index in [-0.39, 0.29) is 12.5 Å². The summed E-state index contributed by atoms with van der Waals surface area (Å²) in [5, 5.41) is 33.8. The third kappa shape index (κ3) is 46.9. The van der Waals surface area contributed by atoms with Gasteiger partial charge in [-0.3, -0.25) is 4.79 Å². The van der Waals surface area contributed by atoms with Crippen LogP contribution in [-0.2, 0) is 4.79 Å². The van der Waals surface area contributed by atoms with Gasteiger partial charge in [-0.25, -0.2) is 0 Å². The maximum atomic E-state index is 12.5. The highest BCUT2D eigenvalue weighted by Gasteiger charge is 2.26. The molecule has 364 valence electrons. The fourth-order valence-electron chi connectivity index (χ4n) is 9.04. The molecular weight excluding hydrogens is 751 g/mol. The molecule has 61 heavy (non-hydrogen) atoms. The van der Waals surface area contributed by atoms with E-state index in [0.717, 1.165) is 32.1 Å². The minimum absolute atomic E-state index is 0.140. The number of allylic oxidation sites excluding steroid dienone is 2. The highest BCUT2D eigenvalue weighted by Crippen LogP contribution is 2.18. The van der Waals surface area contributed by atoms with Crippen LogP contribution in [0.15, 0.2) is 12.2 Å². The monoisotopic (exact) mass is 862 g/mol. The largest absolute Gasteiger partial charge is 0.394 e. The van der Waals surface area contributed by atoms with Crippen molar-refractivity contribution in [3.8, 4) is 0 Å². The smallest absolute Gasteiger partial charge is 0.220 e. The molecule has 4 N–H and O–H groups in total. The van der Waals surface area contributed by atoms with Crippen molar-refractivity contribution < 1.29 is 20.1 Å². The van der Waals surface area contributed by atoms with E-state index in [4.69, 9.17) is 0 Å². The van der Waals surface area contributed by atoms with Gasteiger partial charge in [0, 0.05) is 6.42 Å². The molecule has 3 atom stereocenters. The zero-order valence-corrected chi connectivity index (χ0v) is 41.6. The van der Waals surface area contributed by atoms with Gasteiger partial charge in [0.05, 0.1) is 18.8 Å². The highest BCUT2D eigenvalue weighted by atomic mass is 16.3. The Kier molecular flexibility index (Phi) is 51.0. The van der Waals surface area contributed by atoms with Gasteiger partial charge in [-0.05, 0) is 38.5 Å². The van der Waals surface area contributed by atoms with Crippen LogP contribution in [0.5, 0.6) is 0 Å². The number of carbonyl (C=O) groups is 1. The SMILES string of the molecule is CCCCCCCCCCCCCC/C=C\CCCCCCCCCCCCCC(=O)NC(CO)C(O)C(O)CCCCCCCCCCCCCCCCCCCCCC. The summed E-state index contributed by atoms with van der Waals surface area (Å²) in [5.74, 6) is -0.140. The Morgan fingerprint density at radius 2 is 0.656 bits per heavy atom. The summed E-state index contributed by atoms with van der Waals surface area (Å²) in [7, 11) is 0. The number of aliphatic hydroxyl groups is 3. The van der Waals surface area contributed by atoms with Crippen molar-refractivity contribution in [2.45, 2.75) is 334 Å². The summed E-state index contributed by atoms with van der Waals surface area (Å²) in [6, 6.07) is -0.807. The van der Waals surface area contributed by atoms with Crippen LogP contribution >= 0.6 is 0 Å². The van der Waals surface area contributed by atoms with E-state index in [2.05, 4.69) is 31.3 Å². The van der Waals surface area contributed by atoms with Gasteiger partial charge in [0.15, 0.2) is 0 Å². The van der Waals surface area contributed by atoms with Crippen molar-refractivity contribution >= 4 is 5.91 Å². The average Bonchev–Trinajstić information content (AvgIpc) is 3.26. The Labute approximate surface area is 382 Å². The Morgan fingerprint density at radius 3 is 0.951 bits per heavy atom. The maximum absolute atomic E-state index is 12.5. The van der Waals surface area contributed by atoms with E-state index in [9.17, 15) is 20.1 Å². The van der Waals surface area contributed by atoms with Gasteiger partial charge < -0.3 is 20.6 Å². The van der Waals surface area contributed by atoms with E-state index in [1.54, 1.807) is 0 Å². The van der Waals surface area contributed by atoms with Gasteiger partial charge >= 0.3 is 0 Å². The predicted molar refractivity (Wildman–Crippen MR) is 269 cm³/mol. The number of amides is 1. The number of hydrogen-bond donors (Lipinski definition) is 4. The summed E-state index contributed by atoms with van der Waals surface area (Å²) in [6.45, 7) is 4.22. The Morgan fingerprint density at radius 1 is 0.393 bits per heavy atom. The van der Waals surface area contributed by atoms with E-state index in [0.29, 0.717) is 12.8 Å². The number of carbonyl (C=O) groups excluding carboxylic acids is 1. The van der Waals surface area contributed by atoms with Gasteiger partial charge in [0.25, 0.3) is 0 Å². The first kappa shape index (κ1) is 60.1. The van der Waals surface area contributed by atoms with Crippen LogP contribution < -0.4 is 5.32 Å². The molecular formula is C56H111NO4. The highest BCUT2D eigenvalue weighted by molar-refractivity contribution is 5.76. The Bertz CT molecular complexity index is 864. The van der Waals surface area contributed by atoms with Crippen LogP contribution in [0.3, 0.4) is 0 Å². The quantitative estimate of drug-likeness (QED) is 0.0362. The fourth-order valence-corrected chi connectivity index (χ4v) is 9.04. The summed E-state index contributed by atoms with van der Waals surface area (Å²) < 4.78 is 0. The standard InChI is InChI=1S/C56H111NO4/c1-3-5-7-9-11-13-15-17-19-21-23-25-26-27-28-29-30-31-33-35-37-39-41-43-45-47-49-51-55(60)57-53(52-58)56(61)54(59)50-48-46-44-42-40-38-36-34-32-24-22-20-18-16-14-12-10-8-6-4-2/h27-28,53-54,56,58-59,61H,3-26,29-52H2,1-2H3,(H,57,60)/b28-27-. The number of aliphatic hydroxyl groups excluding tert-OH is 3. The second kappa shape index (κ2) is 51.7. The Hall–Kier alpha value is -0.910. The van der Waals surface area contributed by atoms with Gasteiger partial charge in [0.1, 0.15) is 6.10 Å². The fraction of sp³-hybridized carbons (Fsp3) is 0.946. The molecule has 0 saturated heterocycles. The molecule has 0 aliphatic rings. The lowest BCUT2D eigenvalue weighted by molar-refractivity contribution is -0.124. The second-order valence-corrected chi connectivity index (χ2v) is 19.5. The first-order valence-corrected chi connectivity index (χ1v) is 28.0. The number of nitrogens with one attached hydrogen (secondary N) is 1. The van der Waals surface area contributed by atoms with Crippen molar-refractivity contribution in [2.24, 2.45) is 0 Å². The minimum atomic E-state index is -1.13. The predicted octanol–water partition coefficient (Wildman–Crippen LogP) is 17.1. The molecule has 0 saturated carbocycles. The second-order valence-electron chi connectivity index (χ2n) is 19.5. The molecule has 0 radical (unpaired) electrons. The van der Waals surface area contributed by atoms with Gasteiger partial charge in [-0.1, -0.05) is 283 Å². The normalized spacial score (nSPS) is 13.3. The summed E-state index contributed by atoms with van der Waals surface area (Å²) in [6.07, 6.45) is 63.6. The lowest BCUT2D eigenvalue weighted by Gasteiger charge is -2.26.